The molecule has 12 heteroatoms. The molecule has 35 heavy (non-hydrogen) atoms. The Labute approximate surface area is 207 Å². The number of carbonyl (C=O) groups is 2. The lowest BCUT2D eigenvalue weighted by Crippen LogP contribution is -2.51. The lowest BCUT2D eigenvalue weighted by Gasteiger charge is -2.34. The largest absolute Gasteiger partial charge is 0.394 e. The number of nitrogens with two attached hydrogens (primary N) is 2. The Morgan fingerprint density at radius 2 is 1.63 bits per heavy atom. The van der Waals surface area contributed by atoms with Crippen molar-refractivity contribution in [1.82, 2.24) is 14.8 Å². The molecule has 0 saturated carbocycles. The maximum Gasteiger partial charge on any atom is 0.270 e. The van der Waals surface area contributed by atoms with Gasteiger partial charge in [0, 0.05) is 54.4 Å². The summed E-state index contributed by atoms with van der Waals surface area (Å²) in [4.78, 5) is 32.6. The van der Waals surface area contributed by atoms with Crippen molar-refractivity contribution in [3.05, 3.63) is 77.5 Å². The van der Waals surface area contributed by atoms with Gasteiger partial charge in [-0.15, -0.1) is 0 Å². The van der Waals surface area contributed by atoms with Gasteiger partial charge < -0.3 is 15.5 Å². The van der Waals surface area contributed by atoms with Gasteiger partial charge >= 0.3 is 0 Å². The maximum absolute atomic E-state index is 13.0. The third-order valence-corrected chi connectivity index (χ3v) is 7.37. The number of hydrogen-bond donors (Lipinski definition) is 3. The predicted molar refractivity (Wildman–Crippen MR) is 136 cm³/mol. The van der Waals surface area contributed by atoms with E-state index in [1.165, 1.54) is 11.5 Å². The Kier molecular flexibility index (Phi) is 7.24. The average Bonchev–Trinajstić information content (AvgIpc) is 2.88. The summed E-state index contributed by atoms with van der Waals surface area (Å²) in [5.74, 6) is -0.515. The lowest BCUT2D eigenvalue weighted by atomic mass is 10.1. The van der Waals surface area contributed by atoms with Crippen LogP contribution in [0.15, 0.2) is 76.8 Å². The van der Waals surface area contributed by atoms with Crippen LogP contribution in [0.4, 0.5) is 5.69 Å². The molecule has 5 N–H and O–H groups in total. The Morgan fingerprint density at radius 1 is 0.971 bits per heavy atom. The fourth-order valence-electron chi connectivity index (χ4n) is 3.79. The molecular formula is C23H24N6O4S2. The standard InChI is InChI=1S/C23H24N6O4S2/c24-19(15-34-25)23(31)29-13-11-28(12-14-29)22(30)17-6-8-18(9-7-17)27-35(32,33)20-5-1-3-16-4-2-10-26-21(16)20/h1-10,15,27H,11-14,24-25H2/b19-15-. The highest BCUT2D eigenvalue weighted by Crippen LogP contribution is 2.23. The summed E-state index contributed by atoms with van der Waals surface area (Å²) in [6.45, 7) is 1.42. The van der Waals surface area contributed by atoms with Crippen molar-refractivity contribution in [2.24, 2.45) is 10.9 Å². The van der Waals surface area contributed by atoms with Crippen LogP contribution in [0.25, 0.3) is 10.9 Å². The van der Waals surface area contributed by atoms with Crippen LogP contribution in [-0.2, 0) is 14.8 Å². The second kappa shape index (κ2) is 10.3. The number of fused-ring (bicyclic) bond motifs is 1. The van der Waals surface area contributed by atoms with Crippen molar-refractivity contribution >= 4 is 50.4 Å². The zero-order valence-electron chi connectivity index (χ0n) is 18.6. The van der Waals surface area contributed by atoms with E-state index in [-0.39, 0.29) is 22.4 Å². The SMILES string of the molecule is NS/C=C(\N)C(=O)N1CCN(C(=O)c2ccc(NS(=O)(=O)c3cccc4cccnc34)cc2)CC1. The molecule has 1 fully saturated rings. The zero-order valence-corrected chi connectivity index (χ0v) is 20.3. The molecule has 2 amide bonds. The molecule has 2 heterocycles. The Morgan fingerprint density at radius 3 is 2.31 bits per heavy atom. The number of carbonyl (C=O) groups excluding carboxylic acids is 2. The van der Waals surface area contributed by atoms with E-state index in [1.54, 1.807) is 64.5 Å². The first kappa shape index (κ1) is 24.5. The molecule has 1 saturated heterocycles. The van der Waals surface area contributed by atoms with E-state index in [1.807, 2.05) is 0 Å². The molecule has 1 aliphatic heterocycles. The number of nitrogens with one attached hydrogen (secondary N) is 1. The number of aromatic nitrogens is 1. The van der Waals surface area contributed by atoms with E-state index in [9.17, 15) is 18.0 Å². The van der Waals surface area contributed by atoms with Crippen LogP contribution in [0, 0.1) is 0 Å². The summed E-state index contributed by atoms with van der Waals surface area (Å²) in [5, 5.41) is 7.41. The van der Waals surface area contributed by atoms with Crippen molar-refractivity contribution in [2.75, 3.05) is 30.9 Å². The number of pyridine rings is 1. The molecule has 0 radical (unpaired) electrons. The number of piperazine rings is 1. The van der Waals surface area contributed by atoms with Crippen molar-refractivity contribution in [2.45, 2.75) is 4.90 Å². The predicted octanol–water partition coefficient (Wildman–Crippen LogP) is 1.73. The molecule has 1 aromatic heterocycles. The minimum Gasteiger partial charge on any atom is -0.394 e. The normalized spacial score (nSPS) is 14.7. The molecule has 0 atom stereocenters. The summed E-state index contributed by atoms with van der Waals surface area (Å²) in [6, 6.07) is 14.7. The number of para-hydroxylation sites is 1. The fraction of sp³-hybridized carbons (Fsp3) is 0.174. The third kappa shape index (κ3) is 5.39. The monoisotopic (exact) mass is 512 g/mol. The van der Waals surface area contributed by atoms with Gasteiger partial charge in [0.2, 0.25) is 0 Å². The first-order valence-corrected chi connectivity index (χ1v) is 13.1. The second-order valence-corrected chi connectivity index (χ2v) is 9.97. The molecule has 4 rings (SSSR count). The number of rotatable bonds is 6. The van der Waals surface area contributed by atoms with Crippen LogP contribution >= 0.6 is 11.9 Å². The number of hydrogen-bond acceptors (Lipinski definition) is 8. The van der Waals surface area contributed by atoms with Crippen LogP contribution < -0.4 is 15.6 Å². The lowest BCUT2D eigenvalue weighted by molar-refractivity contribution is -0.128. The number of sulfonamides is 1. The van der Waals surface area contributed by atoms with Crippen LogP contribution in [0.5, 0.6) is 0 Å². The van der Waals surface area contributed by atoms with Gasteiger partial charge in [0.05, 0.1) is 5.52 Å². The molecule has 0 unspecified atom stereocenters. The summed E-state index contributed by atoms with van der Waals surface area (Å²) < 4.78 is 28.5. The quantitative estimate of drug-likeness (QED) is 0.334. The summed E-state index contributed by atoms with van der Waals surface area (Å²) in [5.41, 5.74) is 6.89. The highest BCUT2D eigenvalue weighted by molar-refractivity contribution is 8.00. The fourth-order valence-corrected chi connectivity index (χ4v) is 5.27. The number of nitrogens with zero attached hydrogens (tertiary/aromatic N) is 3. The molecule has 0 aliphatic carbocycles. The topological polar surface area (TPSA) is 152 Å². The van der Waals surface area contributed by atoms with Gasteiger partial charge in [-0.1, -0.05) is 30.1 Å². The van der Waals surface area contributed by atoms with Gasteiger partial charge in [-0.25, -0.2) is 8.42 Å². The van der Waals surface area contributed by atoms with Gasteiger partial charge in [-0.05, 0) is 36.4 Å². The molecule has 0 spiro atoms. The Hall–Kier alpha value is -3.61. The molecule has 10 nitrogen and oxygen atoms in total. The Balaban J connectivity index is 1.41. The van der Waals surface area contributed by atoms with Crippen molar-refractivity contribution < 1.29 is 18.0 Å². The van der Waals surface area contributed by atoms with E-state index >= 15 is 0 Å². The van der Waals surface area contributed by atoms with E-state index in [4.69, 9.17) is 10.9 Å². The summed E-state index contributed by atoms with van der Waals surface area (Å²) in [6.07, 6.45) is 1.54. The number of amides is 2. The molecular weight excluding hydrogens is 488 g/mol. The molecule has 2 aromatic carbocycles. The van der Waals surface area contributed by atoms with Gasteiger partial charge in [-0.3, -0.25) is 24.4 Å². The molecule has 3 aromatic rings. The van der Waals surface area contributed by atoms with Crippen molar-refractivity contribution in [3.63, 3.8) is 0 Å². The smallest absolute Gasteiger partial charge is 0.270 e. The summed E-state index contributed by atoms with van der Waals surface area (Å²) in [7, 11) is -3.89. The highest BCUT2D eigenvalue weighted by atomic mass is 32.2. The van der Waals surface area contributed by atoms with Gasteiger partial charge in [0.25, 0.3) is 21.8 Å². The van der Waals surface area contributed by atoms with Crippen molar-refractivity contribution in [1.29, 1.82) is 0 Å². The third-order valence-electron chi connectivity index (χ3n) is 5.57. The van der Waals surface area contributed by atoms with Crippen LogP contribution in [0.1, 0.15) is 10.4 Å². The molecule has 1 aliphatic rings. The van der Waals surface area contributed by atoms with Crippen molar-refractivity contribution in [3.8, 4) is 0 Å². The number of benzene rings is 2. The first-order valence-electron chi connectivity index (χ1n) is 10.7. The second-order valence-electron chi connectivity index (χ2n) is 7.81. The van der Waals surface area contributed by atoms with Crippen LogP contribution in [0.3, 0.4) is 0 Å². The van der Waals surface area contributed by atoms with E-state index < -0.39 is 10.0 Å². The summed E-state index contributed by atoms with van der Waals surface area (Å²) >= 11 is 0.863. The van der Waals surface area contributed by atoms with Gasteiger partial charge in [0.15, 0.2) is 0 Å². The minimum absolute atomic E-state index is 0.0644. The Bertz CT molecular complexity index is 1380. The molecule has 0 bridgehead atoms. The maximum atomic E-state index is 13.0. The van der Waals surface area contributed by atoms with E-state index in [2.05, 4.69) is 9.71 Å². The van der Waals surface area contributed by atoms with Gasteiger partial charge in [0.1, 0.15) is 10.6 Å². The van der Waals surface area contributed by atoms with Crippen LogP contribution in [-0.4, -0.2) is 61.2 Å². The number of anilines is 1. The zero-order chi connectivity index (χ0) is 25.0. The van der Waals surface area contributed by atoms with Gasteiger partial charge in [-0.2, -0.15) is 0 Å². The van der Waals surface area contributed by atoms with E-state index in [0.29, 0.717) is 42.9 Å². The average molecular weight is 513 g/mol. The van der Waals surface area contributed by atoms with E-state index in [0.717, 1.165) is 17.3 Å². The highest BCUT2D eigenvalue weighted by Gasteiger charge is 2.26. The van der Waals surface area contributed by atoms with Crippen LogP contribution in [0.2, 0.25) is 0 Å². The molecule has 182 valence electrons. The minimum atomic E-state index is -3.89. The first-order chi connectivity index (χ1) is 16.8.